The lowest BCUT2D eigenvalue weighted by Crippen LogP contribution is -2.62. The van der Waals surface area contributed by atoms with Gasteiger partial charge in [-0.25, -0.2) is 4.79 Å². The number of amides is 11. The molecule has 0 aliphatic rings. The highest BCUT2D eigenvalue weighted by Crippen LogP contribution is 2.12. The van der Waals surface area contributed by atoms with Crippen LogP contribution in [0.25, 0.3) is 0 Å². The minimum absolute atomic E-state index is 0.131. The van der Waals surface area contributed by atoms with Gasteiger partial charge in [0.1, 0.15) is 48.3 Å². The average molecular weight is 1100 g/mol. The van der Waals surface area contributed by atoms with Crippen molar-refractivity contribution in [3.05, 3.63) is 35.9 Å². The molecule has 0 spiro atoms. The Morgan fingerprint density at radius 2 is 1.01 bits per heavy atom. The highest BCUT2D eigenvalue weighted by atomic mass is 16.4. The minimum Gasteiger partial charge on any atom is -0.481 e. The normalized spacial score (nSPS) is 15.2. The maximum Gasteiger partial charge on any atom is 0.326 e. The zero-order valence-corrected chi connectivity index (χ0v) is 42.7. The number of nitrogens with one attached hydrogen (secondary N) is 9. The number of hydrogen-bond donors (Lipinski definition) is 17. The van der Waals surface area contributed by atoms with Crippen molar-refractivity contribution < 1.29 is 92.7 Å². The number of carboxylic acid groups (broad SMARTS) is 3. The number of rotatable bonds is 36. The Kier molecular flexibility index (Phi) is 29.1. The number of benzene rings is 1. The molecule has 11 atom stereocenters. The van der Waals surface area contributed by atoms with Gasteiger partial charge in [-0.05, 0) is 51.0 Å². The first-order chi connectivity index (χ1) is 36.0. The molecule has 0 saturated carbocycles. The lowest BCUT2D eigenvalue weighted by atomic mass is 9.96. The second kappa shape index (κ2) is 33.6. The summed E-state index contributed by atoms with van der Waals surface area (Å²) in [5.41, 5.74) is 17.4. The number of hydrogen-bond acceptors (Lipinski definition) is 17. The van der Waals surface area contributed by atoms with Gasteiger partial charge in [0.25, 0.3) is 0 Å². The molecule has 0 aliphatic carbocycles. The molecule has 31 heteroatoms. The fourth-order valence-corrected chi connectivity index (χ4v) is 6.81. The van der Waals surface area contributed by atoms with Crippen LogP contribution in [-0.2, 0) is 73.5 Å². The lowest BCUT2D eigenvalue weighted by Gasteiger charge is -2.30. The van der Waals surface area contributed by atoms with Crippen LogP contribution in [0.2, 0.25) is 0 Å². The van der Waals surface area contributed by atoms with Gasteiger partial charge in [0.05, 0.1) is 31.7 Å². The zero-order chi connectivity index (χ0) is 58.7. The van der Waals surface area contributed by atoms with Gasteiger partial charge < -0.3 is 90.6 Å². The third-order valence-electron chi connectivity index (χ3n) is 11.4. The molecule has 1 rings (SSSR count). The fraction of sp³-hybridized carbons (Fsp3) is 0.565. The Bertz CT molecular complexity index is 2290. The van der Waals surface area contributed by atoms with E-state index in [0.29, 0.717) is 0 Å². The van der Waals surface area contributed by atoms with Crippen LogP contribution in [0, 0.1) is 5.92 Å². The number of aliphatic carboxylic acids is 3. The van der Waals surface area contributed by atoms with Crippen LogP contribution in [0.15, 0.2) is 30.3 Å². The summed E-state index contributed by atoms with van der Waals surface area (Å²) in [5, 5.41) is 68.0. The molecule has 77 heavy (non-hydrogen) atoms. The second-order valence-corrected chi connectivity index (χ2v) is 17.8. The van der Waals surface area contributed by atoms with Crippen molar-refractivity contribution in [2.75, 3.05) is 13.2 Å². The number of carbonyl (C=O) groups excluding carboxylic acids is 11. The molecule has 31 nitrogen and oxygen atoms in total. The largest absolute Gasteiger partial charge is 0.481 e. The maximum absolute atomic E-state index is 13.9. The van der Waals surface area contributed by atoms with Crippen molar-refractivity contribution in [1.82, 2.24) is 47.9 Å². The Morgan fingerprint density at radius 1 is 0.532 bits per heavy atom. The van der Waals surface area contributed by atoms with Gasteiger partial charge >= 0.3 is 17.9 Å². The first-order valence-corrected chi connectivity index (χ1v) is 24.0. The Hall–Kier alpha value is -8.32. The van der Waals surface area contributed by atoms with Crippen LogP contribution < -0.4 is 65.1 Å². The average Bonchev–Trinajstić information content (AvgIpc) is 3.35. The third-order valence-corrected chi connectivity index (χ3v) is 11.4. The number of primary amides is 2. The summed E-state index contributed by atoms with van der Waals surface area (Å²) >= 11 is 0. The molecule has 0 heterocycles. The van der Waals surface area contributed by atoms with E-state index in [1.165, 1.54) is 13.8 Å². The molecule has 0 aromatic heterocycles. The van der Waals surface area contributed by atoms with E-state index >= 15 is 0 Å². The molecule has 0 saturated heterocycles. The van der Waals surface area contributed by atoms with Gasteiger partial charge in [0.2, 0.25) is 65.0 Å². The van der Waals surface area contributed by atoms with Gasteiger partial charge in [0, 0.05) is 19.3 Å². The van der Waals surface area contributed by atoms with Gasteiger partial charge in [0.15, 0.2) is 0 Å². The third kappa shape index (κ3) is 25.2. The molecule has 1 aromatic rings. The van der Waals surface area contributed by atoms with Crippen LogP contribution in [0.4, 0.5) is 0 Å². The molecule has 0 fully saturated rings. The summed E-state index contributed by atoms with van der Waals surface area (Å²) in [4.78, 5) is 178. The van der Waals surface area contributed by atoms with Crippen LogP contribution in [0.3, 0.4) is 0 Å². The summed E-state index contributed by atoms with van der Waals surface area (Å²) in [7, 11) is 0. The summed E-state index contributed by atoms with van der Waals surface area (Å²) in [6, 6.07) is -6.01. The van der Waals surface area contributed by atoms with E-state index in [-0.39, 0.29) is 12.8 Å². The molecular weight excluding hydrogens is 1020 g/mol. The number of aliphatic hydroxyl groups excluding tert-OH is 2. The molecule has 11 amide bonds. The highest BCUT2D eigenvalue weighted by Gasteiger charge is 2.37. The van der Waals surface area contributed by atoms with Gasteiger partial charge in [-0.15, -0.1) is 0 Å². The standard InChI is InChI=1S/C46H70N12O19/c1-5-21(2)36(44(74)58-37(23(4)60)45(75)53-27(12-15-34(64)65)42(72)54-28(46(76)77)13-16-35(66)67)57-43(73)29(18-32(49)62)55-41(71)26(11-14-31(48)61)52-33(63)19-50-40(70)30(20-59)56-38(68)22(3)51-39(69)25(47)17-24-9-7-6-8-10-24/h6-10,21-23,25-30,36-37,59-60H,5,11-20,47H2,1-4H3,(H2,48,61)(H2,49,62)(H,50,70)(H,51,69)(H,52,63)(H,53,75)(H,54,72)(H,55,71)(H,56,68)(H,57,73)(H,58,74)(H,64,65)(H,66,67)(H,76,77)/t21-,22-,23+,25-,26-,27-,28-,29-,30-,36-,37-/m0/s1. The maximum atomic E-state index is 13.9. The minimum atomic E-state index is -1.96. The smallest absolute Gasteiger partial charge is 0.326 e. The second-order valence-electron chi connectivity index (χ2n) is 17.8. The van der Waals surface area contributed by atoms with Crippen molar-refractivity contribution >= 4 is 82.9 Å². The van der Waals surface area contributed by atoms with E-state index in [4.69, 9.17) is 22.3 Å². The molecule has 20 N–H and O–H groups in total. The van der Waals surface area contributed by atoms with Gasteiger partial charge in [-0.3, -0.25) is 62.3 Å². The Morgan fingerprint density at radius 3 is 1.52 bits per heavy atom. The molecule has 0 radical (unpaired) electrons. The van der Waals surface area contributed by atoms with Crippen molar-refractivity contribution in [1.29, 1.82) is 0 Å². The number of nitrogens with two attached hydrogens (primary N) is 3. The fourth-order valence-electron chi connectivity index (χ4n) is 6.81. The zero-order valence-electron chi connectivity index (χ0n) is 42.7. The predicted octanol–water partition coefficient (Wildman–Crippen LogP) is -7.05. The Labute approximate surface area is 440 Å². The van der Waals surface area contributed by atoms with Gasteiger partial charge in [-0.1, -0.05) is 50.6 Å². The number of carboxylic acids is 3. The first kappa shape index (κ1) is 66.7. The molecule has 1 aromatic carbocycles. The quantitative estimate of drug-likeness (QED) is 0.0297. The topological polar surface area (TPSA) is 526 Å². The number of carbonyl (C=O) groups is 14. The number of aliphatic hydroxyl groups is 2. The predicted molar refractivity (Wildman–Crippen MR) is 264 cm³/mol. The highest BCUT2D eigenvalue weighted by molar-refractivity contribution is 5.99. The molecule has 428 valence electrons. The van der Waals surface area contributed by atoms with Crippen molar-refractivity contribution in [3.63, 3.8) is 0 Å². The summed E-state index contributed by atoms with van der Waals surface area (Å²) in [6.07, 6.45) is -6.20. The summed E-state index contributed by atoms with van der Waals surface area (Å²) < 4.78 is 0. The van der Waals surface area contributed by atoms with Crippen LogP contribution in [-0.4, -0.2) is 182 Å². The van der Waals surface area contributed by atoms with Crippen LogP contribution >= 0.6 is 0 Å². The van der Waals surface area contributed by atoms with E-state index in [2.05, 4.69) is 42.5 Å². The Balaban J connectivity index is 3.21. The van der Waals surface area contributed by atoms with Gasteiger partial charge in [-0.2, -0.15) is 0 Å². The molecule has 0 aliphatic heterocycles. The summed E-state index contributed by atoms with van der Waals surface area (Å²) in [6.45, 7) is 3.45. The van der Waals surface area contributed by atoms with Crippen LogP contribution in [0.1, 0.15) is 84.6 Å². The van der Waals surface area contributed by atoms with E-state index in [0.717, 1.165) is 12.5 Å². The molecule has 0 bridgehead atoms. The van der Waals surface area contributed by atoms with Crippen LogP contribution in [0.5, 0.6) is 0 Å². The van der Waals surface area contributed by atoms with E-state index in [1.807, 2.05) is 5.32 Å². The van der Waals surface area contributed by atoms with E-state index in [1.54, 1.807) is 37.3 Å². The van der Waals surface area contributed by atoms with Crippen molar-refractivity contribution in [2.45, 2.75) is 146 Å². The first-order valence-electron chi connectivity index (χ1n) is 24.0. The van der Waals surface area contributed by atoms with Crippen molar-refractivity contribution in [3.8, 4) is 0 Å². The van der Waals surface area contributed by atoms with E-state index in [9.17, 15) is 87.5 Å². The van der Waals surface area contributed by atoms with E-state index < -0.39 is 207 Å². The lowest BCUT2D eigenvalue weighted by molar-refractivity contribution is -0.144. The van der Waals surface area contributed by atoms with Crippen molar-refractivity contribution in [2.24, 2.45) is 23.1 Å². The monoisotopic (exact) mass is 1090 g/mol. The SMILES string of the molecule is CC[C@H](C)[C@H](NC(=O)[C@H](CC(N)=O)NC(=O)[C@H](CCC(N)=O)NC(=O)CNC(=O)[C@H](CO)NC(=O)[C@H](C)NC(=O)[C@@H](N)Cc1ccccc1)C(=O)N[C@H](C(=O)N[C@@H](CCC(=O)O)C(=O)N[C@@H](CCC(=O)O)C(=O)O)[C@@H](C)O. The molecule has 0 unspecified atom stereocenters. The summed E-state index contributed by atoms with van der Waals surface area (Å²) in [5.74, 6) is -17.5. The molecular formula is C46H70N12O19.